The van der Waals surface area contributed by atoms with Gasteiger partial charge in [0.15, 0.2) is 0 Å². The number of benzene rings is 2. The minimum Gasteiger partial charge on any atom is -0.269 e. The summed E-state index contributed by atoms with van der Waals surface area (Å²) in [6.45, 7) is 2.00. The number of anilines is 1. The van der Waals surface area contributed by atoms with Gasteiger partial charge in [-0.3, -0.25) is 9.59 Å². The number of hydrogen-bond donors (Lipinski definition) is 0. The first kappa shape index (κ1) is 15.3. The standard InChI is InChI=1S/C19H14ClNO2/c1-13(11-14-3-2-4-16(20)12-14)15-5-7-17(8-6-15)21-18(22)9-10-19(21)23/h2-12H,1H3. The van der Waals surface area contributed by atoms with Crippen molar-refractivity contribution < 1.29 is 9.59 Å². The first-order chi connectivity index (χ1) is 11.0. The summed E-state index contributed by atoms with van der Waals surface area (Å²) < 4.78 is 0. The molecule has 3 nitrogen and oxygen atoms in total. The Hall–Kier alpha value is -2.65. The van der Waals surface area contributed by atoms with Gasteiger partial charge in [-0.2, -0.15) is 0 Å². The topological polar surface area (TPSA) is 37.4 Å². The Bertz CT molecular complexity index is 817. The Morgan fingerprint density at radius 1 is 1.00 bits per heavy atom. The van der Waals surface area contributed by atoms with E-state index in [2.05, 4.69) is 0 Å². The second-order valence-electron chi connectivity index (χ2n) is 5.27. The lowest BCUT2D eigenvalue weighted by atomic mass is 10.0. The van der Waals surface area contributed by atoms with E-state index in [4.69, 9.17) is 11.6 Å². The Kier molecular flexibility index (Phi) is 4.13. The van der Waals surface area contributed by atoms with Crippen LogP contribution in [-0.4, -0.2) is 11.8 Å². The van der Waals surface area contributed by atoms with E-state index in [1.807, 2.05) is 49.4 Å². The second-order valence-corrected chi connectivity index (χ2v) is 5.71. The maximum atomic E-state index is 11.7. The largest absolute Gasteiger partial charge is 0.269 e. The highest BCUT2D eigenvalue weighted by molar-refractivity contribution is 6.30. The molecule has 114 valence electrons. The Balaban J connectivity index is 1.85. The third-order valence-electron chi connectivity index (χ3n) is 3.62. The van der Waals surface area contributed by atoms with Gasteiger partial charge in [0.1, 0.15) is 0 Å². The molecule has 0 spiro atoms. The molecule has 23 heavy (non-hydrogen) atoms. The summed E-state index contributed by atoms with van der Waals surface area (Å²) in [5, 5.41) is 0.695. The molecular weight excluding hydrogens is 310 g/mol. The van der Waals surface area contributed by atoms with E-state index in [0.29, 0.717) is 10.7 Å². The smallest absolute Gasteiger partial charge is 0.258 e. The average Bonchev–Trinajstić information content (AvgIpc) is 2.86. The third kappa shape index (κ3) is 3.25. The predicted octanol–water partition coefficient (Wildman–Crippen LogP) is 4.33. The zero-order valence-electron chi connectivity index (χ0n) is 12.5. The van der Waals surface area contributed by atoms with Gasteiger partial charge in [-0.1, -0.05) is 41.9 Å². The normalized spacial score (nSPS) is 14.7. The third-order valence-corrected chi connectivity index (χ3v) is 3.86. The molecule has 3 rings (SSSR count). The molecule has 0 aromatic heterocycles. The van der Waals surface area contributed by atoms with Crippen LogP contribution in [0.3, 0.4) is 0 Å². The summed E-state index contributed by atoms with van der Waals surface area (Å²) in [6, 6.07) is 14.9. The Morgan fingerprint density at radius 3 is 2.26 bits per heavy atom. The SMILES string of the molecule is CC(=Cc1cccc(Cl)c1)c1ccc(N2C(=O)C=CC2=O)cc1. The first-order valence-electron chi connectivity index (χ1n) is 7.15. The van der Waals surface area contributed by atoms with Gasteiger partial charge in [-0.25, -0.2) is 4.90 Å². The molecule has 4 heteroatoms. The van der Waals surface area contributed by atoms with E-state index < -0.39 is 0 Å². The molecular formula is C19H14ClNO2. The van der Waals surface area contributed by atoms with Crippen molar-refractivity contribution in [1.29, 1.82) is 0 Å². The van der Waals surface area contributed by atoms with Crippen molar-refractivity contribution in [3.8, 4) is 0 Å². The fraction of sp³-hybridized carbons (Fsp3) is 0.0526. The van der Waals surface area contributed by atoms with Crippen LogP contribution in [0.5, 0.6) is 0 Å². The number of carbonyl (C=O) groups excluding carboxylic acids is 2. The monoisotopic (exact) mass is 323 g/mol. The molecule has 0 bridgehead atoms. The highest BCUT2D eigenvalue weighted by atomic mass is 35.5. The van der Waals surface area contributed by atoms with Crippen LogP contribution >= 0.6 is 11.6 Å². The minimum absolute atomic E-state index is 0.311. The molecule has 2 amide bonds. The van der Waals surface area contributed by atoms with E-state index in [0.717, 1.165) is 21.6 Å². The van der Waals surface area contributed by atoms with E-state index in [9.17, 15) is 9.59 Å². The van der Waals surface area contributed by atoms with Gasteiger partial charge in [0, 0.05) is 17.2 Å². The fourth-order valence-electron chi connectivity index (χ4n) is 2.46. The van der Waals surface area contributed by atoms with Crippen molar-refractivity contribution in [1.82, 2.24) is 0 Å². The van der Waals surface area contributed by atoms with Crippen LogP contribution < -0.4 is 4.90 Å². The zero-order chi connectivity index (χ0) is 16.4. The number of imide groups is 1. The molecule has 0 saturated carbocycles. The van der Waals surface area contributed by atoms with Gasteiger partial charge >= 0.3 is 0 Å². The van der Waals surface area contributed by atoms with Crippen LogP contribution in [0.25, 0.3) is 11.6 Å². The molecule has 0 aliphatic carbocycles. The molecule has 0 N–H and O–H groups in total. The van der Waals surface area contributed by atoms with Crippen LogP contribution in [0.2, 0.25) is 5.02 Å². The molecule has 0 unspecified atom stereocenters. The summed E-state index contributed by atoms with van der Waals surface area (Å²) in [7, 11) is 0. The molecule has 1 aliphatic heterocycles. The average molecular weight is 324 g/mol. The van der Waals surface area contributed by atoms with Crippen molar-refractivity contribution >= 4 is 40.8 Å². The molecule has 0 radical (unpaired) electrons. The van der Waals surface area contributed by atoms with Crippen LogP contribution in [0, 0.1) is 0 Å². The van der Waals surface area contributed by atoms with E-state index in [1.165, 1.54) is 12.2 Å². The summed E-state index contributed by atoms with van der Waals surface area (Å²) in [6.07, 6.45) is 4.59. The molecule has 0 atom stereocenters. The summed E-state index contributed by atoms with van der Waals surface area (Å²) in [4.78, 5) is 24.5. The highest BCUT2D eigenvalue weighted by Crippen LogP contribution is 2.24. The van der Waals surface area contributed by atoms with Gasteiger partial charge in [0.25, 0.3) is 11.8 Å². The lowest BCUT2D eigenvalue weighted by Gasteiger charge is -2.14. The van der Waals surface area contributed by atoms with Gasteiger partial charge in [-0.05, 0) is 47.9 Å². The number of amides is 2. The highest BCUT2D eigenvalue weighted by Gasteiger charge is 2.24. The van der Waals surface area contributed by atoms with Crippen LogP contribution in [0.4, 0.5) is 5.69 Å². The van der Waals surface area contributed by atoms with Gasteiger partial charge in [-0.15, -0.1) is 0 Å². The summed E-state index contributed by atoms with van der Waals surface area (Å²) in [5.74, 6) is -0.622. The lowest BCUT2D eigenvalue weighted by Crippen LogP contribution is -2.29. The van der Waals surface area contributed by atoms with Gasteiger partial charge in [0.2, 0.25) is 0 Å². The summed E-state index contributed by atoms with van der Waals surface area (Å²) in [5.41, 5.74) is 3.68. The number of nitrogens with zero attached hydrogens (tertiary/aromatic N) is 1. The van der Waals surface area contributed by atoms with Gasteiger partial charge in [0.05, 0.1) is 5.69 Å². The van der Waals surface area contributed by atoms with Gasteiger partial charge < -0.3 is 0 Å². The van der Waals surface area contributed by atoms with Crippen LogP contribution in [-0.2, 0) is 9.59 Å². The first-order valence-corrected chi connectivity index (χ1v) is 7.53. The minimum atomic E-state index is -0.311. The van der Waals surface area contributed by atoms with Crippen LogP contribution in [0.15, 0.2) is 60.7 Å². The number of allylic oxidation sites excluding steroid dienone is 1. The predicted molar refractivity (Wildman–Crippen MR) is 93.1 cm³/mol. The van der Waals surface area contributed by atoms with Crippen molar-refractivity contribution in [2.75, 3.05) is 4.90 Å². The van der Waals surface area contributed by atoms with Crippen molar-refractivity contribution in [3.63, 3.8) is 0 Å². The summed E-state index contributed by atoms with van der Waals surface area (Å²) >= 11 is 5.99. The number of halogens is 1. The van der Waals surface area contributed by atoms with Crippen molar-refractivity contribution in [2.24, 2.45) is 0 Å². The molecule has 2 aromatic rings. The van der Waals surface area contributed by atoms with Crippen LogP contribution in [0.1, 0.15) is 18.1 Å². The molecule has 1 heterocycles. The molecule has 0 saturated heterocycles. The quantitative estimate of drug-likeness (QED) is 0.622. The van der Waals surface area contributed by atoms with E-state index in [-0.39, 0.29) is 11.8 Å². The lowest BCUT2D eigenvalue weighted by molar-refractivity contribution is -0.119. The fourth-order valence-corrected chi connectivity index (χ4v) is 2.66. The Labute approximate surface area is 139 Å². The molecule has 0 fully saturated rings. The Morgan fingerprint density at radius 2 is 1.65 bits per heavy atom. The molecule has 2 aromatic carbocycles. The second kappa shape index (κ2) is 6.23. The van der Waals surface area contributed by atoms with E-state index in [1.54, 1.807) is 12.1 Å². The van der Waals surface area contributed by atoms with Crippen molar-refractivity contribution in [3.05, 3.63) is 76.8 Å². The molecule has 1 aliphatic rings. The van der Waals surface area contributed by atoms with E-state index >= 15 is 0 Å². The zero-order valence-corrected chi connectivity index (χ0v) is 13.2. The number of carbonyl (C=O) groups is 2. The maximum Gasteiger partial charge on any atom is 0.258 e. The van der Waals surface area contributed by atoms with Crippen molar-refractivity contribution in [2.45, 2.75) is 6.92 Å². The number of rotatable bonds is 3. The number of hydrogen-bond acceptors (Lipinski definition) is 2. The maximum absolute atomic E-state index is 11.7.